The maximum absolute atomic E-state index is 11.1. The number of nitro groups is 1. The van der Waals surface area contributed by atoms with Crippen LogP contribution in [0.1, 0.15) is 29.6 Å². The van der Waals surface area contributed by atoms with E-state index in [1.807, 2.05) is 0 Å². The summed E-state index contributed by atoms with van der Waals surface area (Å²) >= 11 is 1.80. The SMILES string of the molecule is CSCCCCCNc1ccc([N+](=O)[O-])cc1C(=O)O. The van der Waals surface area contributed by atoms with E-state index in [9.17, 15) is 14.9 Å². The minimum atomic E-state index is -1.17. The van der Waals surface area contributed by atoms with Crippen molar-refractivity contribution in [2.45, 2.75) is 19.3 Å². The lowest BCUT2D eigenvalue weighted by Gasteiger charge is -2.09. The van der Waals surface area contributed by atoms with Gasteiger partial charge in [0.2, 0.25) is 0 Å². The standard InChI is InChI=1S/C13H18N2O4S/c1-20-8-4-2-3-7-14-12-6-5-10(15(18)19)9-11(12)13(16)17/h5-6,9,14H,2-4,7-8H2,1H3,(H,16,17). The fourth-order valence-electron chi connectivity index (χ4n) is 1.75. The van der Waals surface area contributed by atoms with Gasteiger partial charge in [-0.05, 0) is 30.9 Å². The maximum atomic E-state index is 11.1. The van der Waals surface area contributed by atoms with E-state index in [4.69, 9.17) is 5.11 Å². The predicted octanol–water partition coefficient (Wildman–Crippen LogP) is 3.24. The molecule has 0 aromatic heterocycles. The summed E-state index contributed by atoms with van der Waals surface area (Å²) in [4.78, 5) is 21.1. The number of aromatic carboxylic acids is 1. The Hall–Kier alpha value is -1.76. The molecular formula is C13H18N2O4S. The van der Waals surface area contributed by atoms with E-state index in [2.05, 4.69) is 11.6 Å². The molecule has 0 amide bonds. The van der Waals surface area contributed by atoms with Gasteiger partial charge < -0.3 is 10.4 Å². The van der Waals surface area contributed by atoms with Crippen molar-refractivity contribution in [3.05, 3.63) is 33.9 Å². The van der Waals surface area contributed by atoms with E-state index in [0.717, 1.165) is 31.1 Å². The van der Waals surface area contributed by atoms with Crippen molar-refractivity contribution < 1.29 is 14.8 Å². The van der Waals surface area contributed by atoms with Crippen molar-refractivity contribution in [3.63, 3.8) is 0 Å². The number of non-ortho nitro benzene ring substituents is 1. The van der Waals surface area contributed by atoms with E-state index in [1.165, 1.54) is 12.1 Å². The number of thioether (sulfide) groups is 1. The van der Waals surface area contributed by atoms with Gasteiger partial charge in [0.25, 0.3) is 5.69 Å². The van der Waals surface area contributed by atoms with Crippen molar-refractivity contribution in [2.75, 3.05) is 23.9 Å². The third-order valence-corrected chi connectivity index (χ3v) is 3.48. The molecule has 6 nitrogen and oxygen atoms in total. The van der Waals surface area contributed by atoms with Gasteiger partial charge in [0.05, 0.1) is 10.5 Å². The second kappa shape index (κ2) is 8.42. The third kappa shape index (κ3) is 5.08. The minimum Gasteiger partial charge on any atom is -0.478 e. The topological polar surface area (TPSA) is 92.5 Å². The zero-order chi connectivity index (χ0) is 15.0. The quantitative estimate of drug-likeness (QED) is 0.413. The number of carboxylic acid groups (broad SMARTS) is 1. The van der Waals surface area contributed by atoms with Crippen LogP contribution in [0, 0.1) is 10.1 Å². The zero-order valence-electron chi connectivity index (χ0n) is 11.3. The average Bonchev–Trinajstić information content (AvgIpc) is 2.42. The van der Waals surface area contributed by atoms with Gasteiger partial charge in [-0.25, -0.2) is 4.79 Å². The summed E-state index contributed by atoms with van der Waals surface area (Å²) in [5.74, 6) is -0.0451. The van der Waals surface area contributed by atoms with Crippen LogP contribution in [0.3, 0.4) is 0 Å². The van der Waals surface area contributed by atoms with E-state index in [-0.39, 0.29) is 11.3 Å². The Morgan fingerprint density at radius 2 is 2.15 bits per heavy atom. The molecule has 110 valence electrons. The molecule has 0 aliphatic heterocycles. The fourth-order valence-corrected chi connectivity index (χ4v) is 2.24. The third-order valence-electron chi connectivity index (χ3n) is 2.79. The molecule has 0 unspecified atom stereocenters. The number of carboxylic acids is 1. The molecular weight excluding hydrogens is 280 g/mol. The number of hydrogen-bond donors (Lipinski definition) is 2. The van der Waals surface area contributed by atoms with Gasteiger partial charge in [0.1, 0.15) is 0 Å². The fraction of sp³-hybridized carbons (Fsp3) is 0.462. The highest BCUT2D eigenvalue weighted by atomic mass is 32.2. The second-order valence-electron chi connectivity index (χ2n) is 4.27. The normalized spacial score (nSPS) is 10.2. The molecule has 0 aliphatic rings. The van der Waals surface area contributed by atoms with Gasteiger partial charge in [-0.2, -0.15) is 11.8 Å². The molecule has 1 aromatic rings. The molecule has 1 rings (SSSR count). The van der Waals surface area contributed by atoms with Crippen LogP contribution >= 0.6 is 11.8 Å². The van der Waals surface area contributed by atoms with Gasteiger partial charge >= 0.3 is 5.97 Å². The molecule has 0 saturated carbocycles. The molecule has 0 fully saturated rings. The summed E-state index contributed by atoms with van der Waals surface area (Å²) < 4.78 is 0. The Labute approximate surface area is 121 Å². The Morgan fingerprint density at radius 1 is 1.40 bits per heavy atom. The summed E-state index contributed by atoms with van der Waals surface area (Å²) in [5, 5.41) is 22.7. The highest BCUT2D eigenvalue weighted by molar-refractivity contribution is 7.98. The van der Waals surface area contributed by atoms with Gasteiger partial charge in [0, 0.05) is 24.4 Å². The van der Waals surface area contributed by atoms with Gasteiger partial charge in [-0.3, -0.25) is 10.1 Å². The van der Waals surface area contributed by atoms with Crippen LogP contribution in [0.25, 0.3) is 0 Å². The lowest BCUT2D eigenvalue weighted by atomic mass is 10.1. The lowest BCUT2D eigenvalue weighted by Crippen LogP contribution is -2.08. The van der Waals surface area contributed by atoms with Crippen LogP contribution in [0.5, 0.6) is 0 Å². The number of unbranched alkanes of at least 4 members (excludes halogenated alkanes) is 2. The molecule has 0 radical (unpaired) electrons. The molecule has 20 heavy (non-hydrogen) atoms. The first kappa shape index (κ1) is 16.3. The van der Waals surface area contributed by atoms with Gasteiger partial charge in [-0.15, -0.1) is 0 Å². The summed E-state index contributed by atoms with van der Waals surface area (Å²) in [7, 11) is 0. The van der Waals surface area contributed by atoms with Gasteiger partial charge in [0.15, 0.2) is 0 Å². The summed E-state index contributed by atoms with van der Waals surface area (Å²) in [6, 6.07) is 3.84. The van der Waals surface area contributed by atoms with Crippen LogP contribution < -0.4 is 5.32 Å². The number of carbonyl (C=O) groups is 1. The van der Waals surface area contributed by atoms with Crippen molar-refractivity contribution >= 4 is 29.1 Å². The Kier molecular flexibility index (Phi) is 6.86. The molecule has 0 atom stereocenters. The molecule has 0 bridgehead atoms. The van der Waals surface area contributed by atoms with E-state index >= 15 is 0 Å². The number of hydrogen-bond acceptors (Lipinski definition) is 5. The predicted molar refractivity (Wildman–Crippen MR) is 80.8 cm³/mol. The highest BCUT2D eigenvalue weighted by Crippen LogP contribution is 2.22. The van der Waals surface area contributed by atoms with Crippen molar-refractivity contribution in [1.82, 2.24) is 0 Å². The number of benzene rings is 1. The molecule has 1 aromatic carbocycles. The first-order chi connectivity index (χ1) is 9.56. The first-order valence-corrected chi connectivity index (χ1v) is 7.70. The van der Waals surface area contributed by atoms with Crippen molar-refractivity contribution in [3.8, 4) is 0 Å². The largest absolute Gasteiger partial charge is 0.478 e. The summed E-state index contributed by atoms with van der Waals surface area (Å²) in [6.45, 7) is 0.659. The molecule has 0 saturated heterocycles. The Bertz CT molecular complexity index is 479. The smallest absolute Gasteiger partial charge is 0.338 e. The molecule has 0 heterocycles. The van der Waals surface area contributed by atoms with Crippen molar-refractivity contribution in [1.29, 1.82) is 0 Å². The number of nitrogens with one attached hydrogen (secondary N) is 1. The zero-order valence-corrected chi connectivity index (χ0v) is 12.1. The van der Waals surface area contributed by atoms with E-state index in [0.29, 0.717) is 12.2 Å². The maximum Gasteiger partial charge on any atom is 0.338 e. The molecule has 7 heteroatoms. The molecule has 2 N–H and O–H groups in total. The number of nitrogens with zero attached hydrogens (tertiary/aromatic N) is 1. The van der Waals surface area contributed by atoms with E-state index < -0.39 is 10.9 Å². The van der Waals surface area contributed by atoms with Crippen LogP contribution in [-0.2, 0) is 0 Å². The summed E-state index contributed by atoms with van der Waals surface area (Å²) in [5.41, 5.74) is 0.143. The van der Waals surface area contributed by atoms with Crippen LogP contribution in [0.15, 0.2) is 18.2 Å². The lowest BCUT2D eigenvalue weighted by molar-refractivity contribution is -0.384. The van der Waals surface area contributed by atoms with Crippen LogP contribution in [0.2, 0.25) is 0 Å². The van der Waals surface area contributed by atoms with Crippen LogP contribution in [-0.4, -0.2) is 34.6 Å². The minimum absolute atomic E-state index is 0.0664. The second-order valence-corrected chi connectivity index (χ2v) is 5.26. The van der Waals surface area contributed by atoms with Crippen LogP contribution in [0.4, 0.5) is 11.4 Å². The number of anilines is 1. The van der Waals surface area contributed by atoms with Gasteiger partial charge in [-0.1, -0.05) is 6.42 Å². The number of rotatable bonds is 9. The Morgan fingerprint density at radius 3 is 2.75 bits per heavy atom. The average molecular weight is 298 g/mol. The van der Waals surface area contributed by atoms with Crippen molar-refractivity contribution in [2.24, 2.45) is 0 Å². The molecule has 0 spiro atoms. The molecule has 0 aliphatic carbocycles. The Balaban J connectivity index is 2.60. The highest BCUT2D eigenvalue weighted by Gasteiger charge is 2.15. The summed E-state index contributed by atoms with van der Waals surface area (Å²) in [6.07, 6.45) is 5.21. The number of nitro benzene ring substituents is 1. The van der Waals surface area contributed by atoms with E-state index in [1.54, 1.807) is 11.8 Å². The first-order valence-electron chi connectivity index (χ1n) is 6.30. The monoisotopic (exact) mass is 298 g/mol.